The second kappa shape index (κ2) is 7.72. The Hall–Kier alpha value is -3.34. The number of hydrogen-bond donors (Lipinski definition) is 0. The van der Waals surface area contributed by atoms with Crippen LogP contribution in [0.15, 0.2) is 73.2 Å². The van der Waals surface area contributed by atoms with E-state index in [1.807, 2.05) is 31.2 Å². The molecule has 0 N–H and O–H groups in total. The molecule has 0 saturated heterocycles. The molecular weight excluding hydrogens is 356 g/mol. The van der Waals surface area contributed by atoms with Crippen molar-refractivity contribution < 1.29 is 8.78 Å². The minimum absolute atomic E-state index is 0.248. The lowest BCUT2D eigenvalue weighted by molar-refractivity contribution is 0.616. The highest BCUT2D eigenvalue weighted by atomic mass is 19.1. The van der Waals surface area contributed by atoms with Gasteiger partial charge in [0, 0.05) is 30.4 Å². The molecule has 28 heavy (non-hydrogen) atoms. The summed E-state index contributed by atoms with van der Waals surface area (Å²) in [6.45, 7) is 1.87. The lowest BCUT2D eigenvalue weighted by Gasteiger charge is -2.08. The first-order valence-corrected chi connectivity index (χ1v) is 9.05. The molecule has 2 heterocycles. The average Bonchev–Trinajstić information content (AvgIpc) is 3.10. The number of halogens is 2. The van der Waals surface area contributed by atoms with E-state index >= 15 is 0 Å². The summed E-state index contributed by atoms with van der Waals surface area (Å²) in [5.41, 5.74) is 4.93. The van der Waals surface area contributed by atoms with Gasteiger partial charge in [-0.15, -0.1) is 0 Å². The first-order chi connectivity index (χ1) is 13.6. The van der Waals surface area contributed by atoms with Gasteiger partial charge in [0.2, 0.25) is 0 Å². The molecule has 4 aromatic rings. The van der Waals surface area contributed by atoms with Gasteiger partial charge >= 0.3 is 0 Å². The highest BCUT2D eigenvalue weighted by molar-refractivity contribution is 5.38. The van der Waals surface area contributed by atoms with Crippen molar-refractivity contribution in [1.29, 1.82) is 0 Å². The minimum Gasteiger partial charge on any atom is -0.303 e. The van der Waals surface area contributed by atoms with E-state index < -0.39 is 0 Å². The van der Waals surface area contributed by atoms with Crippen LogP contribution < -0.4 is 0 Å². The highest BCUT2D eigenvalue weighted by Crippen LogP contribution is 2.18. The normalized spacial score (nSPS) is 11.0. The van der Waals surface area contributed by atoms with Crippen molar-refractivity contribution in [2.24, 2.45) is 0 Å². The number of imidazole rings is 1. The van der Waals surface area contributed by atoms with Gasteiger partial charge < -0.3 is 4.57 Å². The van der Waals surface area contributed by atoms with Crippen LogP contribution in [-0.2, 0) is 12.8 Å². The maximum Gasteiger partial charge on any atom is 0.147 e. The lowest BCUT2D eigenvalue weighted by atomic mass is 10.1. The molecule has 0 fully saturated rings. The highest BCUT2D eigenvalue weighted by Gasteiger charge is 2.08. The predicted octanol–water partition coefficient (Wildman–Crippen LogP) is 5.04. The van der Waals surface area contributed by atoms with Crippen LogP contribution in [0.3, 0.4) is 0 Å². The Bertz CT molecular complexity index is 1100. The van der Waals surface area contributed by atoms with E-state index in [1.54, 1.807) is 41.4 Å². The van der Waals surface area contributed by atoms with E-state index in [0.29, 0.717) is 18.5 Å². The fraction of sp³-hybridized carbons (Fsp3) is 0.130. The second-order valence-corrected chi connectivity index (χ2v) is 6.81. The topological polar surface area (TPSA) is 30.7 Å². The van der Waals surface area contributed by atoms with E-state index in [2.05, 4.69) is 9.97 Å². The van der Waals surface area contributed by atoms with Crippen LogP contribution in [0.4, 0.5) is 8.78 Å². The number of nitrogens with zero attached hydrogens (tertiary/aromatic N) is 3. The number of rotatable bonds is 5. The van der Waals surface area contributed by atoms with E-state index in [0.717, 1.165) is 28.2 Å². The van der Waals surface area contributed by atoms with Crippen LogP contribution >= 0.6 is 0 Å². The molecule has 0 unspecified atom stereocenters. The number of aryl methyl sites for hydroxylation is 1. The largest absolute Gasteiger partial charge is 0.303 e. The standard InChI is InChI=1S/C23H19F2N3/c1-16-14-28(15-26-16)23-10-7-18(13-22(23)25)12-21-4-2-3-20(27-21)11-17-5-8-19(24)9-6-17/h2-10,13-15H,11-12H2,1H3. The monoisotopic (exact) mass is 375 g/mol. The minimum atomic E-state index is -0.294. The summed E-state index contributed by atoms with van der Waals surface area (Å²) in [4.78, 5) is 8.81. The van der Waals surface area contributed by atoms with Gasteiger partial charge in [0.25, 0.3) is 0 Å². The quantitative estimate of drug-likeness (QED) is 0.489. The van der Waals surface area contributed by atoms with Gasteiger partial charge in [-0.05, 0) is 54.4 Å². The summed E-state index contributed by atoms with van der Waals surface area (Å²) in [6.07, 6.45) is 4.56. The van der Waals surface area contributed by atoms with Gasteiger partial charge in [-0.25, -0.2) is 13.8 Å². The smallest absolute Gasteiger partial charge is 0.147 e. The van der Waals surface area contributed by atoms with Crippen molar-refractivity contribution in [3.8, 4) is 5.69 Å². The number of pyridine rings is 1. The third-order valence-corrected chi connectivity index (χ3v) is 4.55. The zero-order chi connectivity index (χ0) is 19.5. The van der Waals surface area contributed by atoms with E-state index in [-0.39, 0.29) is 11.6 Å². The number of aromatic nitrogens is 3. The molecular formula is C23H19F2N3. The fourth-order valence-corrected chi connectivity index (χ4v) is 3.17. The molecule has 4 rings (SSSR count). The molecule has 0 bridgehead atoms. The lowest BCUT2D eigenvalue weighted by Crippen LogP contribution is -2.00. The molecule has 140 valence electrons. The van der Waals surface area contributed by atoms with E-state index in [4.69, 9.17) is 0 Å². The number of hydrogen-bond acceptors (Lipinski definition) is 2. The van der Waals surface area contributed by atoms with Gasteiger partial charge in [0.15, 0.2) is 0 Å². The Labute approximate surface area is 162 Å². The summed E-state index contributed by atoms with van der Waals surface area (Å²) < 4.78 is 29.3. The summed E-state index contributed by atoms with van der Waals surface area (Å²) in [7, 11) is 0. The molecule has 0 amide bonds. The van der Waals surface area contributed by atoms with E-state index in [9.17, 15) is 8.78 Å². The maximum absolute atomic E-state index is 14.5. The molecule has 0 aliphatic rings. The maximum atomic E-state index is 14.5. The first-order valence-electron chi connectivity index (χ1n) is 9.05. The Kier molecular flexibility index (Phi) is 4.98. The SMILES string of the molecule is Cc1cn(-c2ccc(Cc3cccc(Cc4ccc(F)cc4)n3)cc2F)cn1. The first kappa shape index (κ1) is 18.0. The molecule has 0 spiro atoms. The third-order valence-electron chi connectivity index (χ3n) is 4.55. The van der Waals surface area contributed by atoms with Crippen LogP contribution in [-0.4, -0.2) is 14.5 Å². The summed E-state index contributed by atoms with van der Waals surface area (Å²) in [5, 5.41) is 0. The molecule has 3 nitrogen and oxygen atoms in total. The summed E-state index contributed by atoms with van der Waals surface area (Å²) in [6, 6.07) is 17.4. The van der Waals surface area contributed by atoms with Gasteiger partial charge in [0.05, 0.1) is 17.7 Å². The Balaban J connectivity index is 1.51. The third kappa shape index (κ3) is 4.14. The molecule has 0 atom stereocenters. The van der Waals surface area contributed by atoms with Crippen LogP contribution in [0, 0.1) is 18.6 Å². The van der Waals surface area contributed by atoms with Crippen molar-refractivity contribution in [2.75, 3.05) is 0 Å². The Morgan fingerprint density at radius 3 is 2.18 bits per heavy atom. The second-order valence-electron chi connectivity index (χ2n) is 6.81. The average molecular weight is 375 g/mol. The summed E-state index contributed by atoms with van der Waals surface area (Å²) >= 11 is 0. The van der Waals surface area contributed by atoms with Crippen molar-refractivity contribution in [2.45, 2.75) is 19.8 Å². The van der Waals surface area contributed by atoms with Gasteiger partial charge in [-0.2, -0.15) is 0 Å². The zero-order valence-corrected chi connectivity index (χ0v) is 15.4. The molecule has 0 saturated carbocycles. The molecule has 2 aromatic heterocycles. The molecule has 0 radical (unpaired) electrons. The van der Waals surface area contributed by atoms with Gasteiger partial charge in [-0.1, -0.05) is 24.3 Å². The number of benzene rings is 2. The molecule has 5 heteroatoms. The fourth-order valence-electron chi connectivity index (χ4n) is 3.17. The van der Waals surface area contributed by atoms with Crippen LogP contribution in [0.1, 0.15) is 28.2 Å². The van der Waals surface area contributed by atoms with Crippen molar-refractivity contribution in [3.05, 3.63) is 113 Å². The Morgan fingerprint density at radius 2 is 1.54 bits per heavy atom. The van der Waals surface area contributed by atoms with E-state index in [1.165, 1.54) is 12.1 Å². The molecule has 0 aliphatic carbocycles. The van der Waals surface area contributed by atoms with Crippen molar-refractivity contribution in [1.82, 2.24) is 14.5 Å². The van der Waals surface area contributed by atoms with Gasteiger partial charge in [-0.3, -0.25) is 4.98 Å². The van der Waals surface area contributed by atoms with Crippen LogP contribution in [0.5, 0.6) is 0 Å². The van der Waals surface area contributed by atoms with Crippen LogP contribution in [0.2, 0.25) is 0 Å². The van der Waals surface area contributed by atoms with Crippen molar-refractivity contribution >= 4 is 0 Å². The summed E-state index contributed by atoms with van der Waals surface area (Å²) in [5.74, 6) is -0.542. The molecule has 0 aliphatic heterocycles. The Morgan fingerprint density at radius 1 is 0.857 bits per heavy atom. The van der Waals surface area contributed by atoms with Gasteiger partial charge in [0.1, 0.15) is 11.6 Å². The molecule has 2 aromatic carbocycles. The zero-order valence-electron chi connectivity index (χ0n) is 15.4. The van der Waals surface area contributed by atoms with Crippen LogP contribution in [0.25, 0.3) is 5.69 Å². The van der Waals surface area contributed by atoms with Crippen molar-refractivity contribution in [3.63, 3.8) is 0 Å². The predicted molar refractivity (Wildman–Crippen MR) is 105 cm³/mol.